The van der Waals surface area contributed by atoms with E-state index in [2.05, 4.69) is 10.6 Å². The molecule has 1 saturated carbocycles. The van der Waals surface area contributed by atoms with Crippen molar-refractivity contribution in [2.75, 3.05) is 44.0 Å². The van der Waals surface area contributed by atoms with Gasteiger partial charge in [0.25, 0.3) is 5.91 Å². The van der Waals surface area contributed by atoms with E-state index < -0.39 is 29.3 Å². The Morgan fingerprint density at radius 2 is 1.40 bits per heavy atom. The number of benzene rings is 2. The summed E-state index contributed by atoms with van der Waals surface area (Å²) >= 11 is 0. The molecule has 1 aliphatic carbocycles. The number of hydrogen-bond acceptors (Lipinski definition) is 8. The third-order valence-electron chi connectivity index (χ3n) is 8.64. The van der Waals surface area contributed by atoms with Crippen LogP contribution in [-0.2, 0) is 23.9 Å². The van der Waals surface area contributed by atoms with Crippen LogP contribution in [0.25, 0.3) is 0 Å². The van der Waals surface area contributed by atoms with Crippen LogP contribution in [0.5, 0.6) is 0 Å². The van der Waals surface area contributed by atoms with Crippen LogP contribution in [0.2, 0.25) is 0 Å². The Kier molecular flexibility index (Phi) is 14.4. The summed E-state index contributed by atoms with van der Waals surface area (Å²) in [5.41, 5.74) is 0.795. The predicted octanol–water partition coefficient (Wildman–Crippen LogP) is 6.10. The van der Waals surface area contributed by atoms with E-state index >= 15 is 0 Å². The lowest BCUT2D eigenvalue weighted by atomic mass is 9.81. The number of hydrogen-bond donors (Lipinski definition) is 2. The number of anilines is 2. The normalized spacial score (nSPS) is 16.9. The molecule has 2 aromatic rings. The van der Waals surface area contributed by atoms with Crippen LogP contribution in [-0.4, -0.2) is 86.2 Å². The van der Waals surface area contributed by atoms with E-state index in [0.717, 1.165) is 12.8 Å². The van der Waals surface area contributed by atoms with Gasteiger partial charge in [0.15, 0.2) is 0 Å². The van der Waals surface area contributed by atoms with Crippen LogP contribution in [0.1, 0.15) is 103 Å². The maximum absolute atomic E-state index is 14.7. The topological polar surface area (TPSA) is 138 Å². The Hall–Kier alpha value is -4.45. The zero-order valence-corrected chi connectivity index (χ0v) is 32.9. The van der Waals surface area contributed by atoms with Crippen LogP contribution in [0.4, 0.5) is 16.2 Å². The second-order valence-electron chi connectivity index (χ2n) is 16.2. The highest BCUT2D eigenvalue weighted by Crippen LogP contribution is 2.31. The zero-order chi connectivity index (χ0) is 39.0. The van der Waals surface area contributed by atoms with Gasteiger partial charge >= 0.3 is 12.1 Å². The number of likely N-dealkylation sites (N-methyl/N-ethyl adjacent to an activating group) is 2. The Morgan fingerprint density at radius 3 is 1.94 bits per heavy atom. The third kappa shape index (κ3) is 12.6. The van der Waals surface area contributed by atoms with Gasteiger partial charge in [-0.3, -0.25) is 14.4 Å². The summed E-state index contributed by atoms with van der Waals surface area (Å²) in [6, 6.07) is 12.4. The molecule has 0 heterocycles. The van der Waals surface area contributed by atoms with Gasteiger partial charge in [-0.25, -0.2) is 9.59 Å². The Labute approximate surface area is 309 Å². The maximum Gasteiger partial charge on any atom is 0.407 e. The smallest absolute Gasteiger partial charge is 0.407 e. The highest BCUT2D eigenvalue weighted by molar-refractivity contribution is 6.01. The minimum absolute atomic E-state index is 0.124. The molecule has 12 nitrogen and oxygen atoms in total. The Balaban J connectivity index is 1.88. The van der Waals surface area contributed by atoms with Crippen LogP contribution < -0.4 is 20.4 Å². The first-order valence-electron chi connectivity index (χ1n) is 18.1. The molecule has 12 heteroatoms. The first-order valence-corrected chi connectivity index (χ1v) is 18.1. The minimum Gasteiger partial charge on any atom is -0.456 e. The highest BCUT2D eigenvalue weighted by Gasteiger charge is 2.34. The molecule has 0 unspecified atom stereocenters. The van der Waals surface area contributed by atoms with Gasteiger partial charge in [-0.05, 0) is 143 Å². The van der Waals surface area contributed by atoms with Gasteiger partial charge in [0.05, 0.1) is 12.1 Å². The molecule has 2 aromatic carbocycles. The van der Waals surface area contributed by atoms with E-state index in [1.807, 2.05) is 48.7 Å². The van der Waals surface area contributed by atoms with Crippen molar-refractivity contribution >= 4 is 41.2 Å². The number of amides is 4. The number of ether oxygens (including phenoxy) is 2. The van der Waals surface area contributed by atoms with E-state index in [1.54, 1.807) is 86.1 Å². The third-order valence-corrected chi connectivity index (χ3v) is 8.64. The Bertz CT molecular complexity index is 1550. The van der Waals surface area contributed by atoms with Crippen molar-refractivity contribution in [1.82, 2.24) is 15.5 Å². The van der Waals surface area contributed by atoms with Gasteiger partial charge < -0.3 is 34.8 Å². The van der Waals surface area contributed by atoms with Crippen LogP contribution in [0, 0.1) is 11.8 Å². The number of rotatable bonds is 12. The van der Waals surface area contributed by atoms with Crippen molar-refractivity contribution in [3.05, 3.63) is 59.7 Å². The fourth-order valence-electron chi connectivity index (χ4n) is 6.07. The summed E-state index contributed by atoms with van der Waals surface area (Å²) < 4.78 is 10.9. The molecule has 1 aliphatic rings. The van der Waals surface area contributed by atoms with Crippen LogP contribution in [0.3, 0.4) is 0 Å². The van der Waals surface area contributed by atoms with Gasteiger partial charge in [-0.1, -0.05) is 12.1 Å². The van der Waals surface area contributed by atoms with Crippen molar-refractivity contribution in [3.8, 4) is 0 Å². The number of carbonyl (C=O) groups is 5. The maximum atomic E-state index is 14.7. The molecular formula is C40H59N5O7. The molecule has 4 amide bonds. The van der Waals surface area contributed by atoms with E-state index in [-0.39, 0.29) is 42.1 Å². The van der Waals surface area contributed by atoms with Crippen LogP contribution >= 0.6 is 0 Å². The number of nitrogens with one attached hydrogen (secondary N) is 2. The summed E-state index contributed by atoms with van der Waals surface area (Å²) in [7, 11) is 5.32. The van der Waals surface area contributed by atoms with Crippen molar-refractivity contribution in [3.63, 3.8) is 0 Å². The Morgan fingerprint density at radius 1 is 0.808 bits per heavy atom. The molecule has 0 aliphatic heterocycles. The van der Waals surface area contributed by atoms with Crippen LogP contribution in [0.15, 0.2) is 48.5 Å². The fraction of sp³-hybridized carbons (Fsp3) is 0.575. The van der Waals surface area contributed by atoms with Gasteiger partial charge in [0, 0.05) is 36.9 Å². The monoisotopic (exact) mass is 721 g/mol. The van der Waals surface area contributed by atoms with Gasteiger partial charge in [-0.15, -0.1) is 0 Å². The van der Waals surface area contributed by atoms with E-state index in [4.69, 9.17) is 9.47 Å². The second-order valence-corrected chi connectivity index (χ2v) is 16.2. The largest absolute Gasteiger partial charge is 0.456 e. The van der Waals surface area contributed by atoms with E-state index in [1.165, 1.54) is 4.90 Å². The second kappa shape index (κ2) is 17.9. The average molecular weight is 722 g/mol. The minimum atomic E-state index is -1.07. The molecule has 1 fully saturated rings. The molecule has 1 atom stereocenters. The first-order chi connectivity index (χ1) is 24.1. The number of carbonyl (C=O) groups excluding carboxylic acids is 5. The summed E-state index contributed by atoms with van der Waals surface area (Å²) in [5.74, 6) is -1.29. The molecule has 3 rings (SSSR count). The number of esters is 1. The molecule has 0 spiro atoms. The number of alkyl carbamates (subject to hydrolysis) is 1. The summed E-state index contributed by atoms with van der Waals surface area (Å²) in [4.78, 5) is 71.3. The molecule has 286 valence electrons. The fourth-order valence-corrected chi connectivity index (χ4v) is 6.07. The van der Waals surface area contributed by atoms with Gasteiger partial charge in [-0.2, -0.15) is 0 Å². The summed E-state index contributed by atoms with van der Waals surface area (Å²) in [6.45, 7) is 15.3. The SMILES string of the molecule is CC(C)N(C(=O)[C@@H](NC(=O)[C@H]1CC[C@H](CNC(=O)OC(C)(C)C)CC1)c1cccc(N(C)C(=O)CN(C)C)c1)c1ccc(C(=O)OC(C)(C)C)cc1. The molecule has 0 aromatic heterocycles. The quantitative estimate of drug-likeness (QED) is 0.251. The summed E-state index contributed by atoms with van der Waals surface area (Å²) in [6.07, 6.45) is 2.23. The lowest BCUT2D eigenvalue weighted by Gasteiger charge is -2.33. The predicted molar refractivity (Wildman–Crippen MR) is 203 cm³/mol. The zero-order valence-electron chi connectivity index (χ0n) is 32.9. The molecular weight excluding hydrogens is 662 g/mol. The number of nitrogens with zero attached hydrogens (tertiary/aromatic N) is 3. The van der Waals surface area contributed by atoms with E-state index in [0.29, 0.717) is 41.9 Å². The highest BCUT2D eigenvalue weighted by atomic mass is 16.6. The molecule has 0 bridgehead atoms. The summed E-state index contributed by atoms with van der Waals surface area (Å²) in [5, 5.41) is 5.92. The van der Waals surface area contributed by atoms with Crippen molar-refractivity contribution in [2.24, 2.45) is 11.8 Å². The lowest BCUT2D eigenvalue weighted by molar-refractivity contribution is -0.131. The lowest BCUT2D eigenvalue weighted by Crippen LogP contribution is -2.47. The standard InChI is InChI=1S/C40H59N5O7/c1-26(2)45(31-21-19-29(20-22-31)37(49)51-39(3,4)5)36(48)34(30-13-12-14-32(23-30)44(11)33(46)25-43(9)10)42-35(47)28-17-15-27(16-18-28)24-41-38(50)52-40(6,7)8/h12-14,19-23,26-28,34H,15-18,24-25H2,1-11H3,(H,41,50)(H,42,47)/t27-,28-,34-/m0/s1. The van der Waals surface area contributed by atoms with Gasteiger partial charge in [0.1, 0.15) is 17.2 Å². The van der Waals surface area contributed by atoms with E-state index in [9.17, 15) is 24.0 Å². The van der Waals surface area contributed by atoms with Gasteiger partial charge in [0.2, 0.25) is 11.8 Å². The average Bonchev–Trinajstić information content (AvgIpc) is 3.04. The molecule has 0 radical (unpaired) electrons. The molecule has 2 N–H and O–H groups in total. The molecule has 0 saturated heterocycles. The van der Waals surface area contributed by atoms with Crippen molar-refractivity contribution < 1.29 is 33.4 Å². The first kappa shape index (κ1) is 42.0. The molecule has 52 heavy (non-hydrogen) atoms. The van der Waals surface area contributed by atoms with Crippen molar-refractivity contribution in [1.29, 1.82) is 0 Å². The van der Waals surface area contributed by atoms with Crippen molar-refractivity contribution in [2.45, 2.75) is 104 Å².